The van der Waals surface area contributed by atoms with Crippen LogP contribution in [-0.4, -0.2) is 35.7 Å². The molecule has 1 saturated heterocycles. The standard InChI is InChI=1S/C14H20BrClN2O2S/c1-14(2,3)20-13(19)18-5-4-9(8-18)17-7-10-6-11(15)12(16)21-10/h6,9,17H,4-5,7-8H2,1-3H3. The number of likely N-dealkylation sites (tertiary alicyclic amines) is 1. The van der Waals surface area contributed by atoms with Crippen molar-refractivity contribution in [2.75, 3.05) is 13.1 Å². The second-order valence-corrected chi connectivity index (χ2v) is 8.72. The van der Waals surface area contributed by atoms with Gasteiger partial charge in [0.15, 0.2) is 0 Å². The van der Waals surface area contributed by atoms with Crippen molar-refractivity contribution < 1.29 is 9.53 Å². The zero-order valence-corrected chi connectivity index (χ0v) is 15.6. The van der Waals surface area contributed by atoms with Crippen LogP contribution in [0.2, 0.25) is 4.34 Å². The molecule has 1 atom stereocenters. The highest BCUT2D eigenvalue weighted by atomic mass is 79.9. The number of ether oxygens (including phenoxy) is 1. The lowest BCUT2D eigenvalue weighted by atomic mass is 10.2. The summed E-state index contributed by atoms with van der Waals surface area (Å²) in [6.45, 7) is 7.85. The van der Waals surface area contributed by atoms with Crippen LogP contribution >= 0.6 is 38.9 Å². The molecule has 0 aliphatic carbocycles. The van der Waals surface area contributed by atoms with Crippen LogP contribution < -0.4 is 5.32 Å². The van der Waals surface area contributed by atoms with E-state index >= 15 is 0 Å². The fourth-order valence-corrected chi connectivity index (χ4v) is 3.88. The summed E-state index contributed by atoms with van der Waals surface area (Å²) < 4.78 is 7.10. The van der Waals surface area contributed by atoms with Gasteiger partial charge >= 0.3 is 6.09 Å². The number of thiophene rings is 1. The number of nitrogens with one attached hydrogen (secondary N) is 1. The molecule has 1 aromatic heterocycles. The van der Waals surface area contributed by atoms with Crippen molar-refractivity contribution in [3.63, 3.8) is 0 Å². The number of rotatable bonds is 3. The summed E-state index contributed by atoms with van der Waals surface area (Å²) in [6.07, 6.45) is 0.716. The third-order valence-electron chi connectivity index (χ3n) is 3.10. The molecule has 1 N–H and O–H groups in total. The number of carbonyl (C=O) groups excluding carboxylic acids is 1. The molecule has 0 radical (unpaired) electrons. The second-order valence-electron chi connectivity index (χ2n) is 6.13. The van der Waals surface area contributed by atoms with Crippen LogP contribution in [0.3, 0.4) is 0 Å². The highest BCUT2D eigenvalue weighted by Crippen LogP contribution is 2.32. The molecular formula is C14H20BrClN2O2S. The Morgan fingerprint density at radius 2 is 2.33 bits per heavy atom. The maximum atomic E-state index is 12.0. The van der Waals surface area contributed by atoms with Gasteiger partial charge < -0.3 is 15.0 Å². The molecule has 1 amide bonds. The first-order valence-corrected chi connectivity index (χ1v) is 8.88. The normalized spacial score (nSPS) is 19.1. The van der Waals surface area contributed by atoms with Crippen molar-refractivity contribution >= 4 is 45.0 Å². The first kappa shape index (κ1) is 17.1. The van der Waals surface area contributed by atoms with E-state index in [1.54, 1.807) is 16.2 Å². The molecule has 1 aromatic rings. The van der Waals surface area contributed by atoms with Gasteiger partial charge in [-0.25, -0.2) is 4.79 Å². The maximum absolute atomic E-state index is 12.0. The van der Waals surface area contributed by atoms with E-state index in [4.69, 9.17) is 16.3 Å². The van der Waals surface area contributed by atoms with E-state index in [1.165, 1.54) is 4.88 Å². The molecule has 1 fully saturated rings. The molecule has 7 heteroatoms. The lowest BCUT2D eigenvalue weighted by molar-refractivity contribution is 0.0291. The Morgan fingerprint density at radius 3 is 2.90 bits per heavy atom. The maximum Gasteiger partial charge on any atom is 0.410 e. The van der Waals surface area contributed by atoms with Gasteiger partial charge in [-0.2, -0.15) is 0 Å². The van der Waals surface area contributed by atoms with E-state index in [9.17, 15) is 4.79 Å². The van der Waals surface area contributed by atoms with Crippen molar-refractivity contribution in [3.8, 4) is 0 Å². The van der Waals surface area contributed by atoms with Gasteiger partial charge in [-0.05, 0) is 49.2 Å². The predicted molar refractivity (Wildman–Crippen MR) is 90.1 cm³/mol. The number of nitrogens with zero attached hydrogens (tertiary/aromatic N) is 1. The van der Waals surface area contributed by atoms with E-state index in [0.717, 1.165) is 28.3 Å². The van der Waals surface area contributed by atoms with Crippen molar-refractivity contribution in [2.24, 2.45) is 0 Å². The van der Waals surface area contributed by atoms with E-state index in [-0.39, 0.29) is 6.09 Å². The van der Waals surface area contributed by atoms with Gasteiger partial charge in [0.05, 0.1) is 0 Å². The van der Waals surface area contributed by atoms with Crippen LogP contribution in [-0.2, 0) is 11.3 Å². The predicted octanol–water partition coefficient (Wildman–Crippen LogP) is 4.26. The Balaban J connectivity index is 1.79. The fraction of sp³-hybridized carbons (Fsp3) is 0.643. The van der Waals surface area contributed by atoms with Crippen LogP contribution in [0.25, 0.3) is 0 Å². The molecule has 0 spiro atoms. The van der Waals surface area contributed by atoms with Crippen molar-refractivity contribution in [1.29, 1.82) is 0 Å². The molecule has 0 saturated carbocycles. The van der Waals surface area contributed by atoms with E-state index in [0.29, 0.717) is 12.6 Å². The van der Waals surface area contributed by atoms with Gasteiger partial charge in [-0.15, -0.1) is 11.3 Å². The SMILES string of the molecule is CC(C)(C)OC(=O)N1CCC(NCc2cc(Br)c(Cl)s2)C1. The van der Waals surface area contributed by atoms with Crippen LogP contribution in [0.15, 0.2) is 10.5 Å². The minimum atomic E-state index is -0.442. The summed E-state index contributed by atoms with van der Waals surface area (Å²) in [5, 5.41) is 3.47. The van der Waals surface area contributed by atoms with Crippen LogP contribution in [0, 0.1) is 0 Å². The summed E-state index contributed by atoms with van der Waals surface area (Å²) in [4.78, 5) is 14.9. The van der Waals surface area contributed by atoms with Gasteiger partial charge in [-0.1, -0.05) is 11.6 Å². The van der Waals surface area contributed by atoms with Gasteiger partial charge in [0.25, 0.3) is 0 Å². The third-order valence-corrected chi connectivity index (χ3v) is 5.58. The summed E-state index contributed by atoms with van der Waals surface area (Å²) in [5.74, 6) is 0. The molecule has 1 aliphatic rings. The van der Waals surface area contributed by atoms with E-state index < -0.39 is 5.60 Å². The smallest absolute Gasteiger partial charge is 0.410 e. The number of halogens is 2. The lowest BCUT2D eigenvalue weighted by Crippen LogP contribution is -2.38. The fourth-order valence-electron chi connectivity index (χ4n) is 2.14. The first-order chi connectivity index (χ1) is 9.74. The highest BCUT2D eigenvalue weighted by molar-refractivity contribution is 9.10. The van der Waals surface area contributed by atoms with Gasteiger partial charge in [0, 0.05) is 35.0 Å². The summed E-state index contributed by atoms with van der Waals surface area (Å²) in [5.41, 5.74) is -0.442. The topological polar surface area (TPSA) is 41.6 Å². The minimum absolute atomic E-state index is 0.228. The first-order valence-electron chi connectivity index (χ1n) is 6.89. The Bertz CT molecular complexity index is 496. The molecule has 118 valence electrons. The van der Waals surface area contributed by atoms with E-state index in [1.807, 2.05) is 26.8 Å². The van der Waals surface area contributed by atoms with E-state index in [2.05, 4.69) is 21.2 Å². The van der Waals surface area contributed by atoms with Crippen molar-refractivity contribution in [2.45, 2.75) is 45.4 Å². The number of hydrogen-bond acceptors (Lipinski definition) is 4. The molecular weight excluding hydrogens is 376 g/mol. The van der Waals surface area contributed by atoms with Crippen LogP contribution in [0.4, 0.5) is 4.79 Å². The molecule has 2 heterocycles. The second kappa shape index (κ2) is 6.86. The third kappa shape index (κ3) is 5.13. The number of amides is 1. The molecule has 21 heavy (non-hydrogen) atoms. The molecule has 0 aromatic carbocycles. The summed E-state index contributed by atoms with van der Waals surface area (Å²) >= 11 is 11.0. The monoisotopic (exact) mass is 394 g/mol. The van der Waals surface area contributed by atoms with Crippen LogP contribution in [0.1, 0.15) is 32.1 Å². The largest absolute Gasteiger partial charge is 0.444 e. The van der Waals surface area contributed by atoms with Gasteiger partial charge in [0.1, 0.15) is 9.94 Å². The Hall–Kier alpha value is -0.300. The van der Waals surface area contributed by atoms with Gasteiger partial charge in [0.2, 0.25) is 0 Å². The molecule has 0 bridgehead atoms. The molecule has 4 nitrogen and oxygen atoms in total. The quantitative estimate of drug-likeness (QED) is 0.831. The molecule has 2 rings (SSSR count). The zero-order valence-electron chi connectivity index (χ0n) is 12.4. The lowest BCUT2D eigenvalue weighted by Gasteiger charge is -2.24. The Labute approximate surface area is 142 Å². The Kier molecular flexibility index (Phi) is 5.57. The molecule has 1 unspecified atom stereocenters. The Morgan fingerprint density at radius 1 is 1.62 bits per heavy atom. The van der Waals surface area contributed by atoms with Gasteiger partial charge in [-0.3, -0.25) is 0 Å². The molecule has 1 aliphatic heterocycles. The minimum Gasteiger partial charge on any atom is -0.444 e. The average molecular weight is 396 g/mol. The zero-order chi connectivity index (χ0) is 15.6. The average Bonchev–Trinajstić information content (AvgIpc) is 2.93. The number of hydrogen-bond donors (Lipinski definition) is 1. The highest BCUT2D eigenvalue weighted by Gasteiger charge is 2.29. The number of carbonyl (C=O) groups is 1. The van der Waals surface area contributed by atoms with Crippen LogP contribution in [0.5, 0.6) is 0 Å². The van der Waals surface area contributed by atoms with Crippen molar-refractivity contribution in [1.82, 2.24) is 10.2 Å². The summed E-state index contributed by atoms with van der Waals surface area (Å²) in [6, 6.07) is 2.33. The van der Waals surface area contributed by atoms with Crippen molar-refractivity contribution in [3.05, 3.63) is 19.8 Å². The summed E-state index contributed by atoms with van der Waals surface area (Å²) in [7, 11) is 0.